The Morgan fingerprint density at radius 3 is 2.52 bits per heavy atom. The van der Waals surface area contributed by atoms with Gasteiger partial charge in [0.1, 0.15) is 5.82 Å². The van der Waals surface area contributed by atoms with Crippen LogP contribution in [0, 0.1) is 18.7 Å². The molecule has 0 saturated heterocycles. The highest BCUT2D eigenvalue weighted by Crippen LogP contribution is 2.27. The molecule has 0 bridgehead atoms. The molecule has 1 aliphatic rings. The lowest BCUT2D eigenvalue weighted by Gasteiger charge is -2.31. The van der Waals surface area contributed by atoms with Crippen LogP contribution in [0.1, 0.15) is 49.8 Å². The summed E-state index contributed by atoms with van der Waals surface area (Å²) in [5.74, 6) is 0.140. The Morgan fingerprint density at radius 2 is 1.95 bits per heavy atom. The van der Waals surface area contributed by atoms with Gasteiger partial charge >= 0.3 is 0 Å². The van der Waals surface area contributed by atoms with Crippen LogP contribution in [0.25, 0.3) is 0 Å². The van der Waals surface area contributed by atoms with Crippen molar-refractivity contribution in [3.8, 4) is 0 Å². The van der Waals surface area contributed by atoms with Gasteiger partial charge in [0.15, 0.2) is 0 Å². The Bertz CT molecular complexity index is 496. The maximum Gasteiger partial charge on any atom is 0.222 e. The van der Waals surface area contributed by atoms with Gasteiger partial charge in [0.2, 0.25) is 5.91 Å². The van der Waals surface area contributed by atoms with Gasteiger partial charge in [-0.25, -0.2) is 4.39 Å². The van der Waals surface area contributed by atoms with Crippen molar-refractivity contribution in [3.63, 3.8) is 0 Å². The van der Waals surface area contributed by atoms with Gasteiger partial charge in [-0.05, 0) is 62.8 Å². The first-order valence-corrected chi connectivity index (χ1v) is 7.75. The van der Waals surface area contributed by atoms with E-state index in [1.54, 1.807) is 13.1 Å². The molecule has 2 rings (SSSR count). The summed E-state index contributed by atoms with van der Waals surface area (Å²) in [7, 11) is 1.70. The number of carbonyl (C=O) groups is 1. The van der Waals surface area contributed by atoms with Crippen LogP contribution in [0.3, 0.4) is 0 Å². The standard InChI is InChI=1S/C17H25FN2O/c1-11-10-14(18)6-9-16(11)12(2)20-15-7-4-13(5-8-15)17(21)19-3/h6,9-10,12-13,15,20H,4-5,7-8H2,1-3H3,(H,19,21). The molecule has 0 spiro atoms. The summed E-state index contributed by atoms with van der Waals surface area (Å²) in [6, 6.07) is 5.59. The van der Waals surface area contributed by atoms with Crippen LogP contribution in [-0.4, -0.2) is 19.0 Å². The minimum atomic E-state index is -0.186. The summed E-state index contributed by atoms with van der Waals surface area (Å²) >= 11 is 0. The molecule has 1 unspecified atom stereocenters. The number of benzene rings is 1. The summed E-state index contributed by atoms with van der Waals surface area (Å²) in [4.78, 5) is 11.6. The van der Waals surface area contributed by atoms with E-state index in [4.69, 9.17) is 0 Å². The van der Waals surface area contributed by atoms with Gasteiger partial charge in [-0.15, -0.1) is 0 Å². The average Bonchev–Trinajstić information content (AvgIpc) is 2.47. The third-order valence-corrected chi connectivity index (χ3v) is 4.53. The minimum absolute atomic E-state index is 0.163. The zero-order chi connectivity index (χ0) is 15.4. The van der Waals surface area contributed by atoms with Crippen molar-refractivity contribution in [2.75, 3.05) is 7.05 Å². The maximum atomic E-state index is 13.2. The van der Waals surface area contributed by atoms with E-state index >= 15 is 0 Å². The molecule has 116 valence electrons. The number of halogens is 1. The molecule has 1 aromatic carbocycles. The molecule has 1 atom stereocenters. The fourth-order valence-electron chi connectivity index (χ4n) is 3.29. The first-order chi connectivity index (χ1) is 10.0. The molecule has 1 aliphatic carbocycles. The number of amides is 1. The van der Waals surface area contributed by atoms with Crippen LogP contribution in [0.2, 0.25) is 0 Å². The third kappa shape index (κ3) is 4.03. The van der Waals surface area contributed by atoms with Gasteiger partial charge < -0.3 is 10.6 Å². The van der Waals surface area contributed by atoms with Crippen LogP contribution >= 0.6 is 0 Å². The fourth-order valence-corrected chi connectivity index (χ4v) is 3.29. The largest absolute Gasteiger partial charge is 0.359 e. The van der Waals surface area contributed by atoms with Gasteiger partial charge in [0, 0.05) is 25.0 Å². The predicted octanol–water partition coefficient (Wildman–Crippen LogP) is 3.09. The van der Waals surface area contributed by atoms with Crippen LogP contribution in [0.5, 0.6) is 0 Å². The van der Waals surface area contributed by atoms with Crippen molar-refractivity contribution in [1.82, 2.24) is 10.6 Å². The van der Waals surface area contributed by atoms with Crippen LogP contribution in [0.4, 0.5) is 4.39 Å². The minimum Gasteiger partial charge on any atom is -0.359 e. The number of hydrogen-bond donors (Lipinski definition) is 2. The molecule has 1 aromatic rings. The Morgan fingerprint density at radius 1 is 1.29 bits per heavy atom. The Balaban J connectivity index is 1.89. The Hall–Kier alpha value is -1.42. The normalized spacial score (nSPS) is 23.6. The molecule has 0 aliphatic heterocycles. The zero-order valence-electron chi connectivity index (χ0n) is 13.1. The molecule has 3 nitrogen and oxygen atoms in total. The SMILES string of the molecule is CNC(=O)C1CCC(NC(C)c2ccc(F)cc2C)CC1. The van der Waals surface area contributed by atoms with Crippen LogP contribution in [-0.2, 0) is 4.79 Å². The van der Waals surface area contributed by atoms with Crippen molar-refractivity contribution in [2.24, 2.45) is 5.92 Å². The second-order valence-electron chi connectivity index (χ2n) is 6.05. The van der Waals surface area contributed by atoms with E-state index in [9.17, 15) is 9.18 Å². The Kier molecular flexibility index (Phi) is 5.34. The number of hydrogen-bond acceptors (Lipinski definition) is 2. The summed E-state index contributed by atoms with van der Waals surface area (Å²) in [5, 5.41) is 6.35. The van der Waals surface area contributed by atoms with Gasteiger partial charge in [0.25, 0.3) is 0 Å². The van der Waals surface area contributed by atoms with E-state index < -0.39 is 0 Å². The van der Waals surface area contributed by atoms with E-state index in [0.29, 0.717) is 6.04 Å². The first kappa shape index (κ1) is 16.0. The van der Waals surface area contributed by atoms with Crippen molar-refractivity contribution >= 4 is 5.91 Å². The summed E-state index contributed by atoms with van der Waals surface area (Å²) in [6.07, 6.45) is 3.91. The highest BCUT2D eigenvalue weighted by molar-refractivity contribution is 5.78. The zero-order valence-corrected chi connectivity index (χ0v) is 13.1. The smallest absolute Gasteiger partial charge is 0.222 e. The van der Waals surface area contributed by atoms with Crippen LogP contribution in [0.15, 0.2) is 18.2 Å². The Labute approximate surface area is 126 Å². The summed E-state index contributed by atoms with van der Waals surface area (Å²) < 4.78 is 13.2. The lowest BCUT2D eigenvalue weighted by atomic mass is 9.85. The second-order valence-corrected chi connectivity index (χ2v) is 6.05. The molecular weight excluding hydrogens is 267 g/mol. The van der Waals surface area contributed by atoms with E-state index in [2.05, 4.69) is 17.6 Å². The maximum absolute atomic E-state index is 13.2. The molecule has 4 heteroatoms. The van der Waals surface area contributed by atoms with Gasteiger partial charge in [0.05, 0.1) is 0 Å². The average molecular weight is 292 g/mol. The van der Waals surface area contributed by atoms with Gasteiger partial charge in [-0.2, -0.15) is 0 Å². The lowest BCUT2D eigenvalue weighted by Crippen LogP contribution is -2.38. The molecule has 0 aromatic heterocycles. The number of rotatable bonds is 4. The second kappa shape index (κ2) is 7.03. The van der Waals surface area contributed by atoms with E-state index in [1.165, 1.54) is 6.07 Å². The predicted molar refractivity (Wildman–Crippen MR) is 82.5 cm³/mol. The molecular formula is C17H25FN2O. The molecule has 1 amide bonds. The summed E-state index contributed by atoms with van der Waals surface area (Å²) in [6.45, 7) is 4.06. The molecule has 21 heavy (non-hydrogen) atoms. The van der Waals surface area contributed by atoms with Crippen molar-refractivity contribution in [1.29, 1.82) is 0 Å². The number of carbonyl (C=O) groups excluding carboxylic acids is 1. The monoisotopic (exact) mass is 292 g/mol. The van der Waals surface area contributed by atoms with Crippen molar-refractivity contribution in [3.05, 3.63) is 35.1 Å². The van der Waals surface area contributed by atoms with Gasteiger partial charge in [-0.3, -0.25) is 4.79 Å². The van der Waals surface area contributed by atoms with Gasteiger partial charge in [-0.1, -0.05) is 6.07 Å². The van der Waals surface area contributed by atoms with E-state index in [-0.39, 0.29) is 23.7 Å². The first-order valence-electron chi connectivity index (χ1n) is 7.75. The number of aryl methyl sites for hydroxylation is 1. The highest BCUT2D eigenvalue weighted by atomic mass is 19.1. The van der Waals surface area contributed by atoms with Crippen molar-refractivity contribution in [2.45, 2.75) is 51.6 Å². The molecule has 2 N–H and O–H groups in total. The summed E-state index contributed by atoms with van der Waals surface area (Å²) in [5.41, 5.74) is 2.12. The lowest BCUT2D eigenvalue weighted by molar-refractivity contribution is -0.125. The molecule has 1 saturated carbocycles. The molecule has 0 radical (unpaired) electrons. The topological polar surface area (TPSA) is 41.1 Å². The number of nitrogens with one attached hydrogen (secondary N) is 2. The van der Waals surface area contributed by atoms with E-state index in [0.717, 1.165) is 36.8 Å². The fraction of sp³-hybridized carbons (Fsp3) is 0.588. The third-order valence-electron chi connectivity index (χ3n) is 4.53. The van der Waals surface area contributed by atoms with Crippen LogP contribution < -0.4 is 10.6 Å². The quantitative estimate of drug-likeness (QED) is 0.895. The highest BCUT2D eigenvalue weighted by Gasteiger charge is 2.26. The molecule has 1 fully saturated rings. The van der Waals surface area contributed by atoms with Crippen molar-refractivity contribution < 1.29 is 9.18 Å². The molecule has 0 heterocycles. The van der Waals surface area contributed by atoms with E-state index in [1.807, 2.05) is 13.0 Å².